The van der Waals surface area contributed by atoms with Crippen LogP contribution in [0.25, 0.3) is 0 Å². The second kappa shape index (κ2) is 3.41. The van der Waals surface area contributed by atoms with Gasteiger partial charge in [-0.25, -0.2) is 5.43 Å². The van der Waals surface area contributed by atoms with E-state index in [-0.39, 0.29) is 5.41 Å². The zero-order valence-corrected chi connectivity index (χ0v) is 7.02. The molecule has 0 amide bonds. The first-order valence-electron chi connectivity index (χ1n) is 3.23. The molecule has 10 heavy (non-hydrogen) atoms. The van der Waals surface area contributed by atoms with Crippen LogP contribution in [0.15, 0.2) is 5.10 Å². The largest absolute Gasteiger partial charge is 0.322 e. The van der Waals surface area contributed by atoms with Gasteiger partial charge >= 0.3 is 0 Å². The van der Waals surface area contributed by atoms with Gasteiger partial charge < -0.3 is 11.3 Å². The fourth-order valence-corrected chi connectivity index (χ4v) is 0.532. The Hall–Kier alpha value is -0.770. The van der Waals surface area contributed by atoms with E-state index in [0.29, 0.717) is 0 Å². The number of hydrazone groups is 1. The Labute approximate surface area is 61.8 Å². The SMILES string of the molecule is CNN/C(=N/N)C(C)(C)C. The maximum atomic E-state index is 5.13. The van der Waals surface area contributed by atoms with Gasteiger partial charge in [0.2, 0.25) is 0 Å². The molecule has 4 nitrogen and oxygen atoms in total. The second-order valence-corrected chi connectivity index (χ2v) is 3.10. The van der Waals surface area contributed by atoms with Crippen molar-refractivity contribution in [3.8, 4) is 0 Å². The minimum atomic E-state index is -0.0300. The number of nitrogens with zero attached hydrogens (tertiary/aromatic N) is 1. The molecule has 0 saturated carbocycles. The van der Waals surface area contributed by atoms with Crippen molar-refractivity contribution in [2.45, 2.75) is 20.8 Å². The van der Waals surface area contributed by atoms with Crippen LogP contribution in [0.1, 0.15) is 20.8 Å². The molecule has 4 N–H and O–H groups in total. The lowest BCUT2D eigenvalue weighted by Crippen LogP contribution is -2.42. The van der Waals surface area contributed by atoms with Crippen LogP contribution in [0, 0.1) is 5.41 Å². The molecule has 0 radical (unpaired) electrons. The Morgan fingerprint density at radius 2 is 1.90 bits per heavy atom. The van der Waals surface area contributed by atoms with Crippen molar-refractivity contribution < 1.29 is 0 Å². The highest BCUT2D eigenvalue weighted by atomic mass is 15.4. The van der Waals surface area contributed by atoms with Crippen LogP contribution in [-0.2, 0) is 0 Å². The minimum Gasteiger partial charge on any atom is -0.322 e. The summed E-state index contributed by atoms with van der Waals surface area (Å²) in [5.74, 6) is 5.88. The molecule has 0 aromatic heterocycles. The van der Waals surface area contributed by atoms with Crippen molar-refractivity contribution in [2.75, 3.05) is 7.05 Å². The predicted molar refractivity (Wildman–Crippen MR) is 43.3 cm³/mol. The van der Waals surface area contributed by atoms with Crippen LogP contribution >= 0.6 is 0 Å². The van der Waals surface area contributed by atoms with Crippen molar-refractivity contribution in [2.24, 2.45) is 16.4 Å². The molecule has 0 aliphatic carbocycles. The molecule has 60 valence electrons. The molecule has 0 bridgehead atoms. The van der Waals surface area contributed by atoms with Gasteiger partial charge in [0.1, 0.15) is 5.84 Å². The average Bonchev–Trinajstić information content (AvgIpc) is 1.80. The lowest BCUT2D eigenvalue weighted by molar-refractivity contribution is 0.545. The Morgan fingerprint density at radius 3 is 2.00 bits per heavy atom. The number of hydrazine groups is 1. The maximum absolute atomic E-state index is 5.13. The molecule has 0 aliphatic heterocycles. The standard InChI is InChI=1S/C6H16N4/c1-6(2,3)5(9-7)10-8-4/h8H,7H2,1-4H3,(H,9,10). The molecule has 0 fully saturated rings. The van der Waals surface area contributed by atoms with Crippen molar-refractivity contribution >= 4 is 5.84 Å². The van der Waals surface area contributed by atoms with Crippen molar-refractivity contribution in [3.63, 3.8) is 0 Å². The van der Waals surface area contributed by atoms with Gasteiger partial charge in [-0.2, -0.15) is 5.10 Å². The number of nitrogens with one attached hydrogen (secondary N) is 2. The number of amidine groups is 1. The van der Waals surface area contributed by atoms with Crippen LogP contribution in [0.3, 0.4) is 0 Å². The molecule has 0 unspecified atom stereocenters. The van der Waals surface area contributed by atoms with Gasteiger partial charge in [0, 0.05) is 12.5 Å². The summed E-state index contributed by atoms with van der Waals surface area (Å²) in [6.45, 7) is 6.09. The first-order valence-corrected chi connectivity index (χ1v) is 3.23. The molecule has 0 aliphatic rings. The first-order chi connectivity index (χ1) is 4.52. The lowest BCUT2D eigenvalue weighted by Gasteiger charge is -2.20. The normalized spacial score (nSPS) is 13.4. The summed E-state index contributed by atoms with van der Waals surface area (Å²) in [4.78, 5) is 0. The van der Waals surface area contributed by atoms with Crippen LogP contribution in [0.2, 0.25) is 0 Å². The number of rotatable bonds is 1. The highest BCUT2D eigenvalue weighted by Gasteiger charge is 2.17. The zero-order chi connectivity index (χ0) is 8.20. The number of hydrogen-bond donors (Lipinski definition) is 3. The van der Waals surface area contributed by atoms with E-state index in [0.717, 1.165) is 5.84 Å². The molecule has 0 heterocycles. The Bertz CT molecular complexity index is 122. The van der Waals surface area contributed by atoms with E-state index in [1.165, 1.54) is 0 Å². The highest BCUT2D eigenvalue weighted by molar-refractivity contribution is 5.86. The molecule has 4 heteroatoms. The fourth-order valence-electron chi connectivity index (χ4n) is 0.532. The molecule has 0 spiro atoms. The van der Waals surface area contributed by atoms with E-state index in [1.807, 2.05) is 20.8 Å². The third-order valence-electron chi connectivity index (χ3n) is 1.08. The summed E-state index contributed by atoms with van der Waals surface area (Å²) < 4.78 is 0. The van der Waals surface area contributed by atoms with E-state index in [4.69, 9.17) is 5.84 Å². The highest BCUT2D eigenvalue weighted by Crippen LogP contribution is 2.12. The monoisotopic (exact) mass is 144 g/mol. The minimum absolute atomic E-state index is 0.0300. The van der Waals surface area contributed by atoms with Crippen LogP contribution < -0.4 is 16.7 Å². The molecule has 0 saturated heterocycles. The van der Waals surface area contributed by atoms with Crippen LogP contribution in [0.5, 0.6) is 0 Å². The Balaban J connectivity index is 4.10. The van der Waals surface area contributed by atoms with Gasteiger partial charge in [-0.1, -0.05) is 20.8 Å². The van der Waals surface area contributed by atoms with Gasteiger partial charge in [-0.15, -0.1) is 0 Å². The summed E-state index contributed by atoms with van der Waals surface area (Å²) in [6.07, 6.45) is 0. The zero-order valence-electron chi connectivity index (χ0n) is 7.02. The summed E-state index contributed by atoms with van der Waals surface area (Å²) in [5, 5.41) is 3.59. The summed E-state index contributed by atoms with van der Waals surface area (Å²) in [7, 11) is 1.77. The third-order valence-corrected chi connectivity index (χ3v) is 1.08. The predicted octanol–water partition coefficient (Wildman–Crippen LogP) is 0.0287. The van der Waals surface area contributed by atoms with Gasteiger partial charge in [-0.05, 0) is 0 Å². The van der Waals surface area contributed by atoms with Gasteiger partial charge in [-0.3, -0.25) is 0 Å². The Morgan fingerprint density at radius 1 is 1.40 bits per heavy atom. The molecular formula is C6H16N4. The van der Waals surface area contributed by atoms with Gasteiger partial charge in [0.05, 0.1) is 0 Å². The maximum Gasteiger partial charge on any atom is 0.141 e. The van der Waals surface area contributed by atoms with Crippen molar-refractivity contribution in [1.29, 1.82) is 0 Å². The van der Waals surface area contributed by atoms with Crippen molar-refractivity contribution in [1.82, 2.24) is 10.9 Å². The lowest BCUT2D eigenvalue weighted by atomic mass is 9.95. The second-order valence-electron chi connectivity index (χ2n) is 3.10. The third kappa shape index (κ3) is 2.68. The van der Waals surface area contributed by atoms with E-state index in [2.05, 4.69) is 16.0 Å². The van der Waals surface area contributed by atoms with E-state index in [9.17, 15) is 0 Å². The van der Waals surface area contributed by atoms with E-state index in [1.54, 1.807) is 7.05 Å². The van der Waals surface area contributed by atoms with Gasteiger partial charge in [0.25, 0.3) is 0 Å². The smallest absolute Gasteiger partial charge is 0.141 e. The average molecular weight is 144 g/mol. The number of hydrogen-bond acceptors (Lipinski definition) is 3. The van der Waals surface area contributed by atoms with Crippen LogP contribution in [0.4, 0.5) is 0 Å². The molecule has 0 atom stereocenters. The topological polar surface area (TPSA) is 62.4 Å². The summed E-state index contributed by atoms with van der Waals surface area (Å²) in [6, 6.07) is 0. The Kier molecular flexibility index (Phi) is 3.15. The van der Waals surface area contributed by atoms with Gasteiger partial charge in [0.15, 0.2) is 0 Å². The van der Waals surface area contributed by atoms with E-state index >= 15 is 0 Å². The molecule has 0 rings (SSSR count). The fraction of sp³-hybridized carbons (Fsp3) is 0.833. The molecule has 0 aromatic rings. The number of nitrogens with two attached hydrogens (primary N) is 1. The van der Waals surface area contributed by atoms with Crippen molar-refractivity contribution in [3.05, 3.63) is 0 Å². The summed E-state index contributed by atoms with van der Waals surface area (Å²) in [5.41, 5.74) is 5.58. The quantitative estimate of drug-likeness (QED) is 0.210. The van der Waals surface area contributed by atoms with E-state index < -0.39 is 0 Å². The molecule has 0 aromatic carbocycles. The molecular weight excluding hydrogens is 128 g/mol. The first kappa shape index (κ1) is 9.23. The summed E-state index contributed by atoms with van der Waals surface area (Å²) >= 11 is 0. The van der Waals surface area contributed by atoms with Crippen LogP contribution in [-0.4, -0.2) is 12.9 Å².